The molecule has 0 unspecified atom stereocenters. The van der Waals surface area contributed by atoms with Gasteiger partial charge in [0.05, 0.1) is 0 Å². The van der Waals surface area contributed by atoms with Gasteiger partial charge in [0.25, 0.3) is 0 Å². The largest absolute Gasteiger partial charge is 0.220 e. The molecule has 0 spiro atoms. The van der Waals surface area contributed by atoms with Gasteiger partial charge in [-0.1, -0.05) is 0 Å². The first-order chi connectivity index (χ1) is 1.41. The number of rotatable bonds is 0. The summed E-state index contributed by atoms with van der Waals surface area (Å²) in [7, 11) is 0. The molecule has 4 N–H and O–H groups in total. The molecule has 0 fully saturated rings. The third-order valence-electron chi connectivity index (χ3n) is 0. The molecule has 0 heterocycles. The van der Waals surface area contributed by atoms with E-state index in [0.717, 1.165) is 0 Å². The Kier molecular flexibility index (Phi) is 21.1. The van der Waals surface area contributed by atoms with Crippen molar-refractivity contribution < 1.29 is 26.0 Å². The minimum absolute atomic E-state index is 0. The molecule has 0 aromatic carbocycles. The van der Waals surface area contributed by atoms with E-state index in [4.69, 9.17) is 0 Å². The van der Waals surface area contributed by atoms with E-state index < -0.39 is 0 Å². The molecule has 26 valence electrons. The molecule has 0 saturated heterocycles. The average Bonchev–Trinajstić information content (AvgIpc) is 0.918. The zero-order valence-corrected chi connectivity index (χ0v) is 3.98. The van der Waals surface area contributed by atoms with Crippen molar-refractivity contribution in [2.45, 2.75) is 0 Å². The van der Waals surface area contributed by atoms with Crippen LogP contribution < -0.4 is 11.8 Å². The van der Waals surface area contributed by atoms with Crippen LogP contribution in [0.4, 0.5) is 0 Å². The summed E-state index contributed by atoms with van der Waals surface area (Å²) in [5.74, 6) is 8.25. The predicted molar refractivity (Wildman–Crippen MR) is 9.46 cm³/mol. The maximum Gasteiger partial charge on any atom is 0 e. The van der Waals surface area contributed by atoms with Crippen LogP contribution in [0.5, 0.6) is 0 Å². The van der Waals surface area contributed by atoms with E-state index in [0.29, 0.717) is 0 Å². The molecule has 4 heteroatoms. The van der Waals surface area contributed by atoms with Crippen LogP contribution >= 0.6 is 0 Å². The summed E-state index contributed by atoms with van der Waals surface area (Å²) >= 11 is 0. The SMILES string of the molecule is NON.[Mo]. The van der Waals surface area contributed by atoms with Gasteiger partial charge in [0, 0.05) is 21.1 Å². The van der Waals surface area contributed by atoms with E-state index in [-0.39, 0.29) is 21.1 Å². The molecular formula is H4MoN2O. The Morgan fingerprint density at radius 2 is 1.25 bits per heavy atom. The zero-order chi connectivity index (χ0) is 2.71. The number of hydrogen-bond acceptors (Lipinski definition) is 3. The fraction of sp³-hybridized carbons (Fsp3) is 0. The molecule has 0 rings (SSSR count). The Hall–Kier alpha value is 0.568. The van der Waals surface area contributed by atoms with Gasteiger partial charge in [0.2, 0.25) is 0 Å². The van der Waals surface area contributed by atoms with Gasteiger partial charge in [-0.3, -0.25) is 0 Å². The summed E-state index contributed by atoms with van der Waals surface area (Å²) < 4.78 is 0. The minimum Gasteiger partial charge on any atom is -0.220 e. The van der Waals surface area contributed by atoms with Crippen molar-refractivity contribution in [1.29, 1.82) is 0 Å². The van der Waals surface area contributed by atoms with Crippen LogP contribution in [0.2, 0.25) is 0 Å². The quantitative estimate of drug-likeness (QED) is 0.329. The fourth-order valence-electron chi connectivity index (χ4n) is 0. The van der Waals surface area contributed by atoms with Gasteiger partial charge in [-0.05, 0) is 0 Å². The van der Waals surface area contributed by atoms with Crippen molar-refractivity contribution in [3.63, 3.8) is 0 Å². The van der Waals surface area contributed by atoms with Crippen LogP contribution in [0.1, 0.15) is 0 Å². The van der Waals surface area contributed by atoms with Crippen molar-refractivity contribution in [1.82, 2.24) is 0 Å². The first-order valence-electron chi connectivity index (χ1n) is 0.471. The molecular weight excluding hydrogens is 140 g/mol. The normalized spacial score (nSPS) is 4.50. The zero-order valence-electron chi connectivity index (χ0n) is 1.97. The summed E-state index contributed by atoms with van der Waals surface area (Å²) in [6, 6.07) is 0. The molecule has 0 aliphatic carbocycles. The van der Waals surface area contributed by atoms with E-state index in [2.05, 4.69) is 16.7 Å². The van der Waals surface area contributed by atoms with Crippen molar-refractivity contribution in [2.24, 2.45) is 11.8 Å². The van der Waals surface area contributed by atoms with Crippen LogP contribution in [0.15, 0.2) is 0 Å². The molecule has 0 aromatic heterocycles. The Bertz CT molecular complexity index is 6.00. The molecule has 0 saturated carbocycles. The van der Waals surface area contributed by atoms with Crippen molar-refractivity contribution in [3.05, 3.63) is 0 Å². The Labute approximate surface area is 38.5 Å². The maximum atomic E-state index is 4.12. The summed E-state index contributed by atoms with van der Waals surface area (Å²) in [6.07, 6.45) is 0. The topological polar surface area (TPSA) is 61.3 Å². The average molecular weight is 144 g/mol. The number of hydrogen-bond donors (Lipinski definition) is 2. The van der Waals surface area contributed by atoms with Gasteiger partial charge in [-0.15, -0.1) is 0 Å². The van der Waals surface area contributed by atoms with Crippen LogP contribution in [-0.2, 0) is 26.0 Å². The van der Waals surface area contributed by atoms with Gasteiger partial charge in [-0.2, -0.15) is 11.8 Å². The third-order valence-corrected chi connectivity index (χ3v) is 0. The van der Waals surface area contributed by atoms with E-state index in [9.17, 15) is 0 Å². The molecule has 0 radical (unpaired) electrons. The molecule has 0 aliphatic heterocycles. The van der Waals surface area contributed by atoms with Crippen LogP contribution in [-0.4, -0.2) is 0 Å². The Balaban J connectivity index is 0. The molecule has 0 amide bonds. The van der Waals surface area contributed by atoms with Gasteiger partial charge in [0.1, 0.15) is 0 Å². The van der Waals surface area contributed by atoms with E-state index >= 15 is 0 Å². The molecule has 0 aliphatic rings. The van der Waals surface area contributed by atoms with Crippen molar-refractivity contribution in [2.75, 3.05) is 0 Å². The van der Waals surface area contributed by atoms with Crippen LogP contribution in [0, 0.1) is 0 Å². The number of nitrogens with two attached hydrogens (primary N) is 2. The van der Waals surface area contributed by atoms with Gasteiger partial charge < -0.3 is 0 Å². The smallest absolute Gasteiger partial charge is 0 e. The van der Waals surface area contributed by atoms with Crippen LogP contribution in [0.3, 0.4) is 0 Å². The van der Waals surface area contributed by atoms with Gasteiger partial charge in [-0.25, -0.2) is 4.94 Å². The first kappa shape index (κ1) is 8.82. The second-order valence-electron chi connectivity index (χ2n) is 0.136. The summed E-state index contributed by atoms with van der Waals surface area (Å²) in [5, 5.41) is 0. The molecule has 0 atom stereocenters. The molecule has 3 nitrogen and oxygen atoms in total. The van der Waals surface area contributed by atoms with Crippen molar-refractivity contribution >= 4 is 0 Å². The standard InChI is InChI=1S/Mo.H4N2O/c;1-3-2/h;1-2H2. The second-order valence-corrected chi connectivity index (χ2v) is 0.136. The maximum absolute atomic E-state index is 4.12. The summed E-state index contributed by atoms with van der Waals surface area (Å²) in [5.41, 5.74) is 0. The molecule has 0 aromatic rings. The Morgan fingerprint density at radius 3 is 1.25 bits per heavy atom. The Morgan fingerprint density at radius 1 is 1.25 bits per heavy atom. The van der Waals surface area contributed by atoms with E-state index in [1.165, 1.54) is 0 Å². The monoisotopic (exact) mass is 146 g/mol. The second kappa shape index (κ2) is 9.57. The predicted octanol–water partition coefficient (Wildman–Crippen LogP) is -1.25. The van der Waals surface area contributed by atoms with Crippen LogP contribution in [0.25, 0.3) is 0 Å². The summed E-state index contributed by atoms with van der Waals surface area (Å²) in [4.78, 5) is 3.25. The van der Waals surface area contributed by atoms with E-state index in [1.807, 2.05) is 0 Å². The first-order valence-corrected chi connectivity index (χ1v) is 0.471. The summed E-state index contributed by atoms with van der Waals surface area (Å²) in [6.45, 7) is 0. The van der Waals surface area contributed by atoms with Gasteiger partial charge in [0.15, 0.2) is 0 Å². The van der Waals surface area contributed by atoms with E-state index in [1.54, 1.807) is 0 Å². The minimum atomic E-state index is 0. The van der Waals surface area contributed by atoms with Gasteiger partial charge >= 0.3 is 0 Å². The molecule has 4 heavy (non-hydrogen) atoms. The van der Waals surface area contributed by atoms with Crippen molar-refractivity contribution in [3.8, 4) is 0 Å². The fourth-order valence-corrected chi connectivity index (χ4v) is 0. The third kappa shape index (κ3) is 19.6. The molecule has 0 bridgehead atoms.